The van der Waals surface area contributed by atoms with Crippen molar-refractivity contribution in [3.63, 3.8) is 0 Å². The van der Waals surface area contributed by atoms with Gasteiger partial charge in [-0.3, -0.25) is 9.36 Å². The van der Waals surface area contributed by atoms with Crippen LogP contribution in [0, 0.1) is 11.8 Å². The van der Waals surface area contributed by atoms with Crippen molar-refractivity contribution in [2.45, 2.75) is 25.7 Å². The molecule has 6 heteroatoms. The van der Waals surface area contributed by atoms with Crippen LogP contribution in [-0.2, 0) is 0 Å². The Kier molecular flexibility index (Phi) is 5.87. The Morgan fingerprint density at radius 2 is 1.62 bits per heavy atom. The molecule has 5 rings (SSSR count). The van der Waals surface area contributed by atoms with Crippen LogP contribution in [0.1, 0.15) is 36.0 Å². The molecule has 1 N–H and O–H groups in total. The highest BCUT2D eigenvalue weighted by atomic mass is 35.5. The quantitative estimate of drug-likeness (QED) is 0.596. The Labute approximate surface area is 194 Å². The third-order valence-electron chi connectivity index (χ3n) is 7.39. The molecule has 2 aromatic carbocycles. The molecule has 0 radical (unpaired) electrons. The predicted octanol–water partition coefficient (Wildman–Crippen LogP) is 5.18. The molecule has 0 atom stereocenters. The minimum atomic E-state index is 0.0721. The largest absolute Gasteiger partial charge is 0.494 e. The molecule has 2 aliphatic rings. The van der Waals surface area contributed by atoms with Crippen molar-refractivity contribution in [1.82, 2.24) is 14.4 Å². The van der Waals surface area contributed by atoms with E-state index in [-0.39, 0.29) is 11.8 Å². The summed E-state index contributed by atoms with van der Waals surface area (Å²) in [5.74, 6) is 1.72. The van der Waals surface area contributed by atoms with Crippen LogP contribution in [0.15, 0.2) is 48.7 Å². The van der Waals surface area contributed by atoms with Gasteiger partial charge in [-0.25, -0.2) is 0 Å². The van der Waals surface area contributed by atoms with Crippen LogP contribution in [0.25, 0.3) is 16.5 Å². The summed E-state index contributed by atoms with van der Waals surface area (Å²) in [5, 5.41) is 12.8. The van der Waals surface area contributed by atoms with Crippen LogP contribution >= 0.6 is 11.6 Å². The maximum atomic E-state index is 13.2. The molecular formula is C26H30ClN3O2. The van der Waals surface area contributed by atoms with Crippen molar-refractivity contribution in [3.8, 4) is 11.6 Å². The van der Waals surface area contributed by atoms with Crippen molar-refractivity contribution in [2.75, 3.05) is 33.2 Å². The number of hydrogen-bond acceptors (Lipinski definition) is 3. The molecule has 0 saturated carbocycles. The Morgan fingerprint density at radius 3 is 2.31 bits per heavy atom. The van der Waals surface area contributed by atoms with E-state index in [9.17, 15) is 9.90 Å². The highest BCUT2D eigenvalue weighted by Gasteiger charge is 2.30. The lowest BCUT2D eigenvalue weighted by atomic mass is 9.79. The lowest BCUT2D eigenvalue weighted by Crippen LogP contribution is -2.42. The van der Waals surface area contributed by atoms with Crippen LogP contribution in [-0.4, -0.2) is 58.6 Å². The second kappa shape index (κ2) is 8.80. The van der Waals surface area contributed by atoms with E-state index in [1.807, 2.05) is 47.5 Å². The second-order valence-electron chi connectivity index (χ2n) is 9.35. The number of halogens is 1. The molecule has 2 aliphatic heterocycles. The van der Waals surface area contributed by atoms with Gasteiger partial charge in [0.05, 0.1) is 10.4 Å². The molecule has 0 unspecified atom stereocenters. The van der Waals surface area contributed by atoms with Crippen LogP contribution in [0.3, 0.4) is 0 Å². The Hall–Kier alpha value is -2.50. The SMILES string of the molecule is CN1CCC(C2CCN(C(=O)c3cccc(-n4cc5cccc(Cl)c5c4O)c3)CC2)CC1. The second-order valence-corrected chi connectivity index (χ2v) is 9.75. The van der Waals surface area contributed by atoms with Gasteiger partial charge >= 0.3 is 0 Å². The van der Waals surface area contributed by atoms with Crippen LogP contribution in [0.5, 0.6) is 5.88 Å². The number of hydrogen-bond donors (Lipinski definition) is 1. The summed E-state index contributed by atoms with van der Waals surface area (Å²) in [6.07, 6.45) is 6.63. The van der Waals surface area contributed by atoms with Gasteiger partial charge < -0.3 is 14.9 Å². The first-order chi connectivity index (χ1) is 15.5. The zero-order valence-corrected chi connectivity index (χ0v) is 19.3. The first-order valence-electron chi connectivity index (χ1n) is 11.6. The Balaban J connectivity index is 1.31. The fraction of sp³-hybridized carbons (Fsp3) is 0.423. The van der Waals surface area contributed by atoms with Gasteiger partial charge in [-0.15, -0.1) is 0 Å². The summed E-state index contributed by atoms with van der Waals surface area (Å²) in [5.41, 5.74) is 1.41. The molecule has 1 amide bonds. The van der Waals surface area contributed by atoms with Gasteiger partial charge in [0.1, 0.15) is 0 Å². The van der Waals surface area contributed by atoms with Crippen molar-refractivity contribution >= 4 is 28.3 Å². The maximum absolute atomic E-state index is 13.2. The summed E-state index contributed by atoms with van der Waals surface area (Å²) < 4.78 is 1.69. The number of amides is 1. The van der Waals surface area contributed by atoms with Gasteiger partial charge in [0.2, 0.25) is 5.88 Å². The number of aromatic nitrogens is 1. The van der Waals surface area contributed by atoms with Crippen molar-refractivity contribution in [1.29, 1.82) is 0 Å². The summed E-state index contributed by atoms with van der Waals surface area (Å²) in [6, 6.07) is 13.0. The minimum Gasteiger partial charge on any atom is -0.494 e. The summed E-state index contributed by atoms with van der Waals surface area (Å²) in [7, 11) is 2.20. The van der Waals surface area contributed by atoms with Gasteiger partial charge in [0, 0.05) is 35.9 Å². The molecule has 2 fully saturated rings. The maximum Gasteiger partial charge on any atom is 0.253 e. The molecule has 32 heavy (non-hydrogen) atoms. The van der Waals surface area contributed by atoms with Crippen LogP contribution < -0.4 is 0 Å². The molecule has 1 aromatic heterocycles. The molecule has 2 saturated heterocycles. The van der Waals surface area contributed by atoms with E-state index >= 15 is 0 Å². The van der Waals surface area contributed by atoms with E-state index < -0.39 is 0 Å². The smallest absolute Gasteiger partial charge is 0.253 e. The topological polar surface area (TPSA) is 48.7 Å². The minimum absolute atomic E-state index is 0.0721. The molecule has 3 aromatic rings. The molecule has 3 heterocycles. The normalized spacial score (nSPS) is 19.0. The Morgan fingerprint density at radius 1 is 0.969 bits per heavy atom. The van der Waals surface area contributed by atoms with E-state index in [4.69, 9.17) is 11.6 Å². The first-order valence-corrected chi connectivity index (χ1v) is 12.0. The number of nitrogens with zero attached hydrogens (tertiary/aromatic N) is 3. The Bertz CT molecular complexity index is 1130. The number of rotatable bonds is 3. The fourth-order valence-electron chi connectivity index (χ4n) is 5.45. The van der Waals surface area contributed by atoms with Gasteiger partial charge in [-0.1, -0.05) is 29.8 Å². The van der Waals surface area contributed by atoms with E-state index in [1.54, 1.807) is 10.6 Å². The highest BCUT2D eigenvalue weighted by Crippen LogP contribution is 2.36. The zero-order chi connectivity index (χ0) is 22.2. The number of piperidine rings is 2. The number of carbonyl (C=O) groups is 1. The van der Waals surface area contributed by atoms with E-state index in [1.165, 1.54) is 25.9 Å². The van der Waals surface area contributed by atoms with E-state index in [2.05, 4.69) is 11.9 Å². The van der Waals surface area contributed by atoms with Gasteiger partial charge in [0.25, 0.3) is 5.91 Å². The molecule has 168 valence electrons. The average molecular weight is 452 g/mol. The van der Waals surface area contributed by atoms with E-state index in [0.717, 1.165) is 48.8 Å². The number of benzene rings is 2. The lowest BCUT2D eigenvalue weighted by molar-refractivity contribution is 0.0615. The molecule has 5 nitrogen and oxygen atoms in total. The monoisotopic (exact) mass is 451 g/mol. The fourth-order valence-corrected chi connectivity index (χ4v) is 5.71. The molecule has 0 aliphatic carbocycles. The van der Waals surface area contributed by atoms with Gasteiger partial charge in [0.15, 0.2) is 0 Å². The van der Waals surface area contributed by atoms with Crippen LogP contribution in [0.4, 0.5) is 0 Å². The summed E-state index contributed by atoms with van der Waals surface area (Å²) in [4.78, 5) is 17.7. The third kappa shape index (κ3) is 4.00. The molecule has 0 spiro atoms. The summed E-state index contributed by atoms with van der Waals surface area (Å²) >= 11 is 6.28. The van der Waals surface area contributed by atoms with Crippen LogP contribution in [0.2, 0.25) is 5.02 Å². The highest BCUT2D eigenvalue weighted by molar-refractivity contribution is 6.36. The number of fused-ring (bicyclic) bond motifs is 1. The van der Waals surface area contributed by atoms with Crippen molar-refractivity contribution < 1.29 is 9.90 Å². The average Bonchev–Trinajstić information content (AvgIpc) is 3.17. The van der Waals surface area contributed by atoms with Crippen molar-refractivity contribution in [3.05, 3.63) is 59.2 Å². The number of aromatic hydroxyl groups is 1. The number of likely N-dealkylation sites (tertiary alicyclic amines) is 2. The predicted molar refractivity (Wildman–Crippen MR) is 129 cm³/mol. The van der Waals surface area contributed by atoms with E-state index in [0.29, 0.717) is 16.0 Å². The third-order valence-corrected chi connectivity index (χ3v) is 7.71. The zero-order valence-electron chi connectivity index (χ0n) is 18.5. The van der Waals surface area contributed by atoms with Crippen molar-refractivity contribution in [2.24, 2.45) is 11.8 Å². The molecule has 0 bridgehead atoms. The summed E-state index contributed by atoms with van der Waals surface area (Å²) in [6.45, 7) is 4.05. The number of carbonyl (C=O) groups excluding carboxylic acids is 1. The standard InChI is InChI=1S/C26H30ClN3O2/c1-28-12-8-18(9-13-28)19-10-14-29(15-11-19)25(31)20-4-2-6-22(16-20)30-17-21-5-3-7-23(27)24(21)26(30)32/h2-7,16-19,32H,8-15H2,1H3. The molecular weight excluding hydrogens is 422 g/mol. The first kappa shape index (κ1) is 21.4. The van der Waals surface area contributed by atoms with Gasteiger partial charge in [-0.2, -0.15) is 0 Å². The lowest BCUT2D eigenvalue weighted by Gasteiger charge is -2.39. The van der Waals surface area contributed by atoms with Gasteiger partial charge in [-0.05, 0) is 81.9 Å².